The molecule has 0 radical (unpaired) electrons. The average Bonchev–Trinajstić information content (AvgIpc) is 2.93. The summed E-state index contributed by atoms with van der Waals surface area (Å²) < 4.78 is 42.0. The van der Waals surface area contributed by atoms with Crippen molar-refractivity contribution in [1.82, 2.24) is 24.8 Å². The molecule has 1 saturated heterocycles. The van der Waals surface area contributed by atoms with Crippen molar-refractivity contribution in [2.75, 3.05) is 31.1 Å². The molecule has 0 N–H and O–H groups in total. The van der Waals surface area contributed by atoms with Crippen LogP contribution < -0.4 is 4.90 Å². The molecule has 2 aromatic carbocycles. The Morgan fingerprint density at radius 2 is 1.50 bits per heavy atom. The number of anilines is 1. The molecule has 0 spiro atoms. The van der Waals surface area contributed by atoms with Gasteiger partial charge in [0.25, 0.3) is 5.91 Å². The highest BCUT2D eigenvalue weighted by atomic mass is 19.4. The molecule has 194 valence electrons. The van der Waals surface area contributed by atoms with Crippen molar-refractivity contribution in [1.29, 1.82) is 0 Å². The summed E-state index contributed by atoms with van der Waals surface area (Å²) in [7, 11) is 0. The monoisotopic (exact) mass is 518 g/mol. The number of rotatable bonds is 4. The second-order valence-electron chi connectivity index (χ2n) is 9.15. The van der Waals surface area contributed by atoms with Gasteiger partial charge in [0.2, 0.25) is 5.82 Å². The third-order valence-corrected chi connectivity index (χ3v) is 6.40. The lowest BCUT2D eigenvalue weighted by atomic mass is 9.98. The van der Waals surface area contributed by atoms with Gasteiger partial charge in [0.1, 0.15) is 11.5 Å². The zero-order chi connectivity index (χ0) is 26.9. The average molecular weight is 519 g/mol. The van der Waals surface area contributed by atoms with Crippen LogP contribution in [-0.2, 0) is 6.18 Å². The van der Waals surface area contributed by atoms with Gasteiger partial charge in [0, 0.05) is 37.9 Å². The van der Waals surface area contributed by atoms with Gasteiger partial charge in [-0.05, 0) is 19.4 Å². The highest BCUT2D eigenvalue weighted by molar-refractivity contribution is 5.92. The van der Waals surface area contributed by atoms with Crippen LogP contribution in [0.5, 0.6) is 0 Å². The van der Waals surface area contributed by atoms with E-state index in [0.717, 1.165) is 5.56 Å². The molecule has 1 fully saturated rings. The fraction of sp³-hybridized carbons (Fsp3) is 0.250. The Hall–Kier alpha value is -4.34. The number of aromatic nitrogens is 4. The molecule has 10 heteroatoms. The number of hydrogen-bond donors (Lipinski definition) is 0. The van der Waals surface area contributed by atoms with Crippen molar-refractivity contribution in [3.8, 4) is 22.4 Å². The number of aryl methyl sites for hydroxylation is 2. The summed E-state index contributed by atoms with van der Waals surface area (Å²) in [5.41, 5.74) is 3.93. The summed E-state index contributed by atoms with van der Waals surface area (Å²) in [4.78, 5) is 32.7. The third kappa shape index (κ3) is 5.20. The van der Waals surface area contributed by atoms with E-state index in [1.165, 1.54) is 12.4 Å². The molecule has 0 atom stereocenters. The predicted molar refractivity (Wildman–Crippen MR) is 138 cm³/mol. The minimum atomic E-state index is -4.73. The number of amides is 1. The number of benzene rings is 2. The maximum absolute atomic E-state index is 14.0. The number of carbonyl (C=O) groups excluding carboxylic acids is 1. The van der Waals surface area contributed by atoms with Crippen LogP contribution in [0.3, 0.4) is 0 Å². The Morgan fingerprint density at radius 3 is 2.11 bits per heavy atom. The SMILES string of the molecule is Cc1ccc(-c2nc(C(F)(F)F)nc(N3CCN(C(=O)c4cnc(C)cn4)CC3)c2-c2ccccc2)cc1. The molecular weight excluding hydrogens is 493 g/mol. The van der Waals surface area contributed by atoms with Crippen LogP contribution in [0, 0.1) is 13.8 Å². The van der Waals surface area contributed by atoms with E-state index in [4.69, 9.17) is 0 Å². The first kappa shape index (κ1) is 25.3. The quantitative estimate of drug-likeness (QED) is 0.370. The summed E-state index contributed by atoms with van der Waals surface area (Å²) in [6.45, 7) is 4.89. The number of hydrogen-bond acceptors (Lipinski definition) is 6. The predicted octanol–water partition coefficient (Wildman–Crippen LogP) is 5.20. The fourth-order valence-corrected chi connectivity index (χ4v) is 4.38. The van der Waals surface area contributed by atoms with Gasteiger partial charge >= 0.3 is 6.18 Å². The zero-order valence-electron chi connectivity index (χ0n) is 20.9. The van der Waals surface area contributed by atoms with Crippen molar-refractivity contribution in [3.05, 3.63) is 89.8 Å². The number of alkyl halides is 3. The first-order chi connectivity index (χ1) is 18.2. The molecule has 7 nitrogen and oxygen atoms in total. The van der Waals surface area contributed by atoms with Crippen molar-refractivity contribution in [2.24, 2.45) is 0 Å². The Labute approximate surface area is 218 Å². The van der Waals surface area contributed by atoms with E-state index in [9.17, 15) is 18.0 Å². The maximum atomic E-state index is 14.0. The van der Waals surface area contributed by atoms with E-state index in [2.05, 4.69) is 19.9 Å². The van der Waals surface area contributed by atoms with Gasteiger partial charge in [-0.25, -0.2) is 15.0 Å². The lowest BCUT2D eigenvalue weighted by Crippen LogP contribution is -2.49. The number of piperazine rings is 1. The molecule has 3 heterocycles. The van der Waals surface area contributed by atoms with Gasteiger partial charge in [0.15, 0.2) is 0 Å². The lowest BCUT2D eigenvalue weighted by molar-refractivity contribution is -0.144. The number of halogens is 3. The summed E-state index contributed by atoms with van der Waals surface area (Å²) >= 11 is 0. The molecule has 2 aromatic heterocycles. The zero-order valence-corrected chi connectivity index (χ0v) is 20.9. The van der Waals surface area contributed by atoms with Crippen molar-refractivity contribution in [3.63, 3.8) is 0 Å². The summed E-state index contributed by atoms with van der Waals surface area (Å²) in [5, 5.41) is 0. The van der Waals surface area contributed by atoms with Crippen molar-refractivity contribution in [2.45, 2.75) is 20.0 Å². The van der Waals surface area contributed by atoms with Gasteiger partial charge in [-0.3, -0.25) is 9.78 Å². The second kappa shape index (κ2) is 10.2. The Kier molecular flexibility index (Phi) is 6.79. The van der Waals surface area contributed by atoms with E-state index in [1.54, 1.807) is 28.9 Å². The lowest BCUT2D eigenvalue weighted by Gasteiger charge is -2.36. The van der Waals surface area contributed by atoms with Gasteiger partial charge in [0.05, 0.1) is 23.1 Å². The smallest absolute Gasteiger partial charge is 0.352 e. The second-order valence-corrected chi connectivity index (χ2v) is 9.15. The highest BCUT2D eigenvalue weighted by Crippen LogP contribution is 2.40. The molecule has 38 heavy (non-hydrogen) atoms. The molecule has 1 amide bonds. The first-order valence-corrected chi connectivity index (χ1v) is 12.2. The minimum Gasteiger partial charge on any atom is -0.352 e. The Balaban J connectivity index is 1.56. The van der Waals surface area contributed by atoms with Gasteiger partial charge in [-0.1, -0.05) is 60.2 Å². The molecular formula is C28H25F3N6O. The largest absolute Gasteiger partial charge is 0.451 e. The van der Waals surface area contributed by atoms with Crippen LogP contribution in [0.2, 0.25) is 0 Å². The highest BCUT2D eigenvalue weighted by Gasteiger charge is 2.38. The van der Waals surface area contributed by atoms with E-state index < -0.39 is 12.0 Å². The summed E-state index contributed by atoms with van der Waals surface area (Å²) in [5.74, 6) is -1.27. The Bertz CT molecular complexity index is 1430. The van der Waals surface area contributed by atoms with Crippen molar-refractivity contribution < 1.29 is 18.0 Å². The third-order valence-electron chi connectivity index (χ3n) is 6.40. The van der Waals surface area contributed by atoms with Gasteiger partial charge in [-0.2, -0.15) is 13.2 Å². The molecule has 0 bridgehead atoms. The van der Waals surface area contributed by atoms with Gasteiger partial charge in [-0.15, -0.1) is 0 Å². The summed E-state index contributed by atoms with van der Waals surface area (Å²) in [6.07, 6.45) is -1.77. The standard InChI is InChI=1S/C28H25F3N6O/c1-18-8-10-21(11-9-18)24-23(20-6-4-3-5-7-20)25(35-27(34-24)28(29,30)31)36-12-14-37(15-13-36)26(38)22-17-32-19(2)16-33-22/h3-11,16-17H,12-15H2,1-2H3. The molecule has 0 aliphatic carbocycles. The number of nitrogens with zero attached hydrogens (tertiary/aromatic N) is 6. The van der Waals surface area contributed by atoms with Gasteiger partial charge < -0.3 is 9.80 Å². The fourth-order valence-electron chi connectivity index (χ4n) is 4.38. The van der Waals surface area contributed by atoms with E-state index in [0.29, 0.717) is 48.6 Å². The number of carbonyl (C=O) groups is 1. The van der Waals surface area contributed by atoms with Crippen LogP contribution in [0.4, 0.5) is 19.0 Å². The molecule has 1 aliphatic rings. The minimum absolute atomic E-state index is 0.191. The molecule has 4 aromatic rings. The summed E-state index contributed by atoms with van der Waals surface area (Å²) in [6, 6.07) is 16.4. The Morgan fingerprint density at radius 1 is 0.816 bits per heavy atom. The molecule has 0 saturated carbocycles. The molecule has 5 rings (SSSR count). The van der Waals surface area contributed by atoms with Crippen LogP contribution in [0.25, 0.3) is 22.4 Å². The maximum Gasteiger partial charge on any atom is 0.451 e. The van der Waals surface area contributed by atoms with Crippen LogP contribution >= 0.6 is 0 Å². The van der Waals surface area contributed by atoms with E-state index in [1.807, 2.05) is 49.4 Å². The normalized spacial score (nSPS) is 14.0. The molecule has 1 aliphatic heterocycles. The molecule has 0 unspecified atom stereocenters. The topological polar surface area (TPSA) is 75.1 Å². The first-order valence-electron chi connectivity index (χ1n) is 12.2. The van der Waals surface area contributed by atoms with Crippen LogP contribution in [0.1, 0.15) is 27.6 Å². The van der Waals surface area contributed by atoms with Crippen LogP contribution in [0.15, 0.2) is 67.0 Å². The van der Waals surface area contributed by atoms with E-state index >= 15 is 0 Å². The van der Waals surface area contributed by atoms with Crippen molar-refractivity contribution >= 4 is 11.7 Å². The van der Waals surface area contributed by atoms with Crippen LogP contribution in [-0.4, -0.2) is 56.9 Å². The van der Waals surface area contributed by atoms with E-state index in [-0.39, 0.29) is 23.1 Å².